The molecule has 0 aliphatic carbocycles. The van der Waals surface area contributed by atoms with E-state index in [1.165, 1.54) is 0 Å². The van der Waals surface area contributed by atoms with Crippen LogP contribution in [0.2, 0.25) is 0 Å². The Hall–Kier alpha value is -0.340. The van der Waals surface area contributed by atoms with Crippen LogP contribution in [0.4, 0.5) is 0 Å². The summed E-state index contributed by atoms with van der Waals surface area (Å²) in [5.41, 5.74) is 0. The highest BCUT2D eigenvalue weighted by Crippen LogP contribution is 2.25. The summed E-state index contributed by atoms with van der Waals surface area (Å²) < 4.78 is 5.18. The summed E-state index contributed by atoms with van der Waals surface area (Å²) in [6.07, 6.45) is 4.28. The molecule has 3 atom stereocenters. The predicted octanol–water partition coefficient (Wildman–Crippen LogP) is 1.31. The van der Waals surface area contributed by atoms with Crippen molar-refractivity contribution >= 4 is 0 Å². The van der Waals surface area contributed by atoms with Gasteiger partial charge in [-0.1, -0.05) is 19.1 Å². The Morgan fingerprint density at radius 2 is 2.30 bits per heavy atom. The van der Waals surface area contributed by atoms with Crippen molar-refractivity contribution in [3.8, 4) is 0 Å². The minimum atomic E-state index is -0.545. The van der Waals surface area contributed by atoms with Gasteiger partial charge >= 0.3 is 0 Å². The Kier molecular flexibility index (Phi) is 2.46. The zero-order valence-electron chi connectivity index (χ0n) is 6.45. The van der Waals surface area contributed by atoms with Crippen molar-refractivity contribution in [2.45, 2.75) is 32.7 Å². The standard InChI is InChI=1S/C8H14O2/c1-3-4-7-6(2)5-8(9)10-7/h3-4,6-9H,5H2,1-2H3. The summed E-state index contributed by atoms with van der Waals surface area (Å²) in [5, 5.41) is 9.04. The van der Waals surface area contributed by atoms with Crippen LogP contribution in [0.25, 0.3) is 0 Å². The van der Waals surface area contributed by atoms with Gasteiger partial charge in [-0.2, -0.15) is 0 Å². The second kappa shape index (κ2) is 3.17. The van der Waals surface area contributed by atoms with E-state index in [0.29, 0.717) is 5.92 Å². The lowest BCUT2D eigenvalue weighted by Crippen LogP contribution is -2.10. The van der Waals surface area contributed by atoms with E-state index in [9.17, 15) is 0 Å². The number of hydrogen-bond donors (Lipinski definition) is 1. The van der Waals surface area contributed by atoms with Gasteiger partial charge in [-0.05, 0) is 12.8 Å². The fourth-order valence-electron chi connectivity index (χ4n) is 1.25. The molecular formula is C8H14O2. The van der Waals surface area contributed by atoms with Crippen LogP contribution < -0.4 is 0 Å². The summed E-state index contributed by atoms with van der Waals surface area (Å²) in [5.74, 6) is 0.450. The van der Waals surface area contributed by atoms with Gasteiger partial charge in [0.15, 0.2) is 6.29 Å². The van der Waals surface area contributed by atoms with Gasteiger partial charge in [0.1, 0.15) is 0 Å². The predicted molar refractivity (Wildman–Crippen MR) is 39.5 cm³/mol. The molecule has 58 valence electrons. The normalized spacial score (nSPS) is 41.3. The number of rotatable bonds is 1. The third kappa shape index (κ3) is 1.58. The zero-order valence-corrected chi connectivity index (χ0v) is 6.45. The molecule has 0 bridgehead atoms. The molecule has 0 aromatic carbocycles. The highest BCUT2D eigenvalue weighted by molar-refractivity contribution is 4.93. The molecule has 0 aromatic rings. The van der Waals surface area contributed by atoms with Crippen molar-refractivity contribution in [3.63, 3.8) is 0 Å². The average Bonchev–Trinajstić information content (AvgIpc) is 2.13. The smallest absolute Gasteiger partial charge is 0.155 e. The SMILES string of the molecule is CC=CC1OC(O)CC1C. The Labute approximate surface area is 61.5 Å². The summed E-state index contributed by atoms with van der Waals surface area (Å²) in [6.45, 7) is 4.04. The maximum atomic E-state index is 9.04. The molecule has 0 saturated carbocycles. The largest absolute Gasteiger partial charge is 0.368 e. The minimum absolute atomic E-state index is 0.125. The quantitative estimate of drug-likeness (QED) is 0.559. The van der Waals surface area contributed by atoms with E-state index in [1.54, 1.807) is 0 Å². The Morgan fingerprint density at radius 1 is 1.60 bits per heavy atom. The van der Waals surface area contributed by atoms with Gasteiger partial charge in [-0.3, -0.25) is 0 Å². The van der Waals surface area contributed by atoms with Gasteiger partial charge < -0.3 is 9.84 Å². The van der Waals surface area contributed by atoms with E-state index >= 15 is 0 Å². The maximum Gasteiger partial charge on any atom is 0.155 e. The van der Waals surface area contributed by atoms with Gasteiger partial charge in [-0.15, -0.1) is 0 Å². The van der Waals surface area contributed by atoms with Crippen molar-refractivity contribution < 1.29 is 9.84 Å². The zero-order chi connectivity index (χ0) is 7.56. The van der Waals surface area contributed by atoms with Crippen LogP contribution in [0.1, 0.15) is 20.3 Å². The van der Waals surface area contributed by atoms with Crippen molar-refractivity contribution in [2.75, 3.05) is 0 Å². The molecule has 1 N–H and O–H groups in total. The number of aliphatic hydroxyl groups excluding tert-OH is 1. The molecule has 1 aliphatic heterocycles. The number of ether oxygens (including phenoxy) is 1. The van der Waals surface area contributed by atoms with Crippen molar-refractivity contribution in [1.82, 2.24) is 0 Å². The van der Waals surface area contributed by atoms with Crippen molar-refractivity contribution in [2.24, 2.45) is 5.92 Å². The second-order valence-corrected chi connectivity index (χ2v) is 2.79. The first-order chi connectivity index (χ1) is 4.74. The minimum Gasteiger partial charge on any atom is -0.368 e. The number of aliphatic hydroxyl groups is 1. The molecular weight excluding hydrogens is 128 g/mol. The van der Waals surface area contributed by atoms with E-state index < -0.39 is 6.29 Å². The molecule has 2 heteroatoms. The summed E-state index contributed by atoms with van der Waals surface area (Å²) in [7, 11) is 0. The third-order valence-corrected chi connectivity index (χ3v) is 1.83. The van der Waals surface area contributed by atoms with E-state index in [0.717, 1.165) is 6.42 Å². The lowest BCUT2D eigenvalue weighted by atomic mass is 10.0. The number of allylic oxidation sites excluding steroid dienone is 1. The van der Waals surface area contributed by atoms with Crippen LogP contribution in [-0.4, -0.2) is 17.5 Å². The molecule has 1 aliphatic rings. The maximum absolute atomic E-state index is 9.04. The van der Waals surface area contributed by atoms with Crippen molar-refractivity contribution in [1.29, 1.82) is 0 Å². The molecule has 1 rings (SSSR count). The van der Waals surface area contributed by atoms with Crippen LogP contribution in [0, 0.1) is 5.92 Å². The van der Waals surface area contributed by atoms with Crippen molar-refractivity contribution in [3.05, 3.63) is 12.2 Å². The molecule has 1 heterocycles. The first-order valence-electron chi connectivity index (χ1n) is 3.70. The lowest BCUT2D eigenvalue weighted by Gasteiger charge is -2.07. The van der Waals surface area contributed by atoms with Gasteiger partial charge in [0, 0.05) is 6.42 Å². The Bertz CT molecular complexity index is 131. The molecule has 1 saturated heterocycles. The van der Waals surface area contributed by atoms with E-state index in [-0.39, 0.29) is 6.10 Å². The summed E-state index contributed by atoms with van der Waals surface area (Å²) in [6, 6.07) is 0. The number of hydrogen-bond acceptors (Lipinski definition) is 2. The fraction of sp³-hybridized carbons (Fsp3) is 0.750. The molecule has 3 unspecified atom stereocenters. The van der Waals surface area contributed by atoms with Gasteiger partial charge in [-0.25, -0.2) is 0 Å². The van der Waals surface area contributed by atoms with Crippen LogP contribution in [0.5, 0.6) is 0 Å². The highest BCUT2D eigenvalue weighted by Gasteiger charge is 2.28. The second-order valence-electron chi connectivity index (χ2n) is 2.79. The van der Waals surface area contributed by atoms with Gasteiger partial charge in [0.2, 0.25) is 0 Å². The summed E-state index contributed by atoms with van der Waals surface area (Å²) in [4.78, 5) is 0. The highest BCUT2D eigenvalue weighted by atomic mass is 16.6. The van der Waals surface area contributed by atoms with Crippen LogP contribution in [0.3, 0.4) is 0 Å². The Balaban J connectivity index is 2.46. The molecule has 2 nitrogen and oxygen atoms in total. The fourth-order valence-corrected chi connectivity index (χ4v) is 1.25. The first-order valence-corrected chi connectivity index (χ1v) is 3.70. The van der Waals surface area contributed by atoms with Crippen LogP contribution in [-0.2, 0) is 4.74 Å². The van der Waals surface area contributed by atoms with E-state index in [4.69, 9.17) is 9.84 Å². The van der Waals surface area contributed by atoms with E-state index in [1.807, 2.05) is 19.1 Å². The lowest BCUT2D eigenvalue weighted by molar-refractivity contribution is -0.0787. The topological polar surface area (TPSA) is 29.5 Å². The Morgan fingerprint density at radius 3 is 2.70 bits per heavy atom. The van der Waals surface area contributed by atoms with Gasteiger partial charge in [0.05, 0.1) is 6.10 Å². The molecule has 0 radical (unpaired) electrons. The third-order valence-electron chi connectivity index (χ3n) is 1.83. The average molecular weight is 142 g/mol. The monoisotopic (exact) mass is 142 g/mol. The molecule has 1 fully saturated rings. The molecule has 0 aromatic heterocycles. The molecule has 0 spiro atoms. The van der Waals surface area contributed by atoms with Crippen LogP contribution in [0.15, 0.2) is 12.2 Å². The van der Waals surface area contributed by atoms with Crippen LogP contribution >= 0.6 is 0 Å². The molecule has 10 heavy (non-hydrogen) atoms. The molecule has 0 amide bonds. The first kappa shape index (κ1) is 7.76. The summed E-state index contributed by atoms with van der Waals surface area (Å²) >= 11 is 0. The van der Waals surface area contributed by atoms with E-state index in [2.05, 4.69) is 6.92 Å². The van der Waals surface area contributed by atoms with Gasteiger partial charge in [0.25, 0.3) is 0 Å².